The molecule has 176 valence electrons. The zero-order chi connectivity index (χ0) is 24.2. The van der Waals surface area contributed by atoms with E-state index < -0.39 is 7.25 Å². The molecular formula is C25H35BF4N2. The first-order valence-corrected chi connectivity index (χ1v) is 11.0. The van der Waals surface area contributed by atoms with Crippen molar-refractivity contribution in [2.75, 3.05) is 13.1 Å². The Morgan fingerprint density at radius 2 is 1.19 bits per heavy atom. The lowest BCUT2D eigenvalue weighted by molar-refractivity contribution is -0.574. The van der Waals surface area contributed by atoms with Crippen molar-refractivity contribution in [3.05, 3.63) is 71.8 Å². The zero-order valence-electron chi connectivity index (χ0n) is 19.9. The first kappa shape index (κ1) is 26.0. The Morgan fingerprint density at radius 1 is 0.750 bits per heavy atom. The molecule has 1 heterocycles. The van der Waals surface area contributed by atoms with Gasteiger partial charge in [-0.2, -0.15) is 0 Å². The fourth-order valence-corrected chi connectivity index (χ4v) is 4.12. The van der Waals surface area contributed by atoms with Gasteiger partial charge in [-0.15, -0.1) is 0 Å². The van der Waals surface area contributed by atoms with Crippen molar-refractivity contribution < 1.29 is 21.8 Å². The van der Waals surface area contributed by atoms with Crippen molar-refractivity contribution >= 4 is 13.6 Å². The summed E-state index contributed by atoms with van der Waals surface area (Å²) in [5.41, 5.74) is 3.26. The third kappa shape index (κ3) is 8.68. The second-order valence-electron chi connectivity index (χ2n) is 10.8. The van der Waals surface area contributed by atoms with E-state index in [1.54, 1.807) is 0 Å². The van der Waals surface area contributed by atoms with E-state index in [9.17, 15) is 17.3 Å². The highest BCUT2D eigenvalue weighted by Gasteiger charge is 2.45. The fraction of sp³-hybridized carbons (Fsp3) is 0.480. The number of rotatable bonds is 4. The topological polar surface area (TPSA) is 6.25 Å². The fourth-order valence-electron chi connectivity index (χ4n) is 4.12. The van der Waals surface area contributed by atoms with Crippen molar-refractivity contribution in [1.82, 2.24) is 4.90 Å². The maximum atomic E-state index is 9.75. The highest BCUT2D eigenvalue weighted by molar-refractivity contribution is 6.50. The van der Waals surface area contributed by atoms with Crippen molar-refractivity contribution in [2.45, 2.75) is 53.6 Å². The number of hydrogen-bond donors (Lipinski definition) is 0. The largest absolute Gasteiger partial charge is 0.673 e. The summed E-state index contributed by atoms with van der Waals surface area (Å²) in [6.45, 7) is 16.0. The Hall–Kier alpha value is -2.31. The third-order valence-corrected chi connectivity index (χ3v) is 4.91. The van der Waals surface area contributed by atoms with Crippen LogP contribution in [-0.2, 0) is 0 Å². The van der Waals surface area contributed by atoms with Crippen LogP contribution in [0, 0.1) is 10.8 Å². The predicted molar refractivity (Wildman–Crippen MR) is 125 cm³/mol. The van der Waals surface area contributed by atoms with E-state index in [2.05, 4.69) is 118 Å². The molecular weight excluding hydrogens is 415 g/mol. The van der Waals surface area contributed by atoms with Crippen LogP contribution in [0.1, 0.15) is 64.8 Å². The van der Waals surface area contributed by atoms with Crippen LogP contribution in [0.5, 0.6) is 0 Å². The van der Waals surface area contributed by atoms with Crippen molar-refractivity contribution in [2.24, 2.45) is 10.8 Å². The molecule has 3 rings (SSSR count). The van der Waals surface area contributed by atoms with E-state index in [0.29, 0.717) is 12.1 Å². The van der Waals surface area contributed by atoms with Gasteiger partial charge in [0.25, 0.3) is 0 Å². The number of halogens is 4. The molecule has 0 aromatic heterocycles. The number of benzene rings is 2. The van der Waals surface area contributed by atoms with Gasteiger partial charge >= 0.3 is 7.25 Å². The Morgan fingerprint density at radius 3 is 1.59 bits per heavy atom. The van der Waals surface area contributed by atoms with Gasteiger partial charge < -0.3 is 17.3 Å². The molecule has 2 aromatic rings. The molecule has 0 saturated carbocycles. The summed E-state index contributed by atoms with van der Waals surface area (Å²) < 4.78 is 41.6. The quantitative estimate of drug-likeness (QED) is 0.271. The Kier molecular flexibility index (Phi) is 8.19. The normalized spacial score (nSPS) is 19.3. The van der Waals surface area contributed by atoms with Crippen LogP contribution in [0.15, 0.2) is 60.7 Å². The van der Waals surface area contributed by atoms with Gasteiger partial charge in [-0.05, 0) is 10.8 Å². The molecule has 1 aliphatic rings. The summed E-state index contributed by atoms with van der Waals surface area (Å²) in [6.07, 6.45) is 2.39. The second-order valence-corrected chi connectivity index (χ2v) is 10.8. The van der Waals surface area contributed by atoms with Crippen LogP contribution in [0.4, 0.5) is 17.3 Å². The molecule has 0 fully saturated rings. The van der Waals surface area contributed by atoms with Gasteiger partial charge in [-0.25, -0.2) is 0 Å². The first-order chi connectivity index (χ1) is 14.6. The maximum Gasteiger partial charge on any atom is 0.673 e. The highest BCUT2D eigenvalue weighted by atomic mass is 19.5. The summed E-state index contributed by atoms with van der Waals surface area (Å²) in [4.78, 5) is 2.57. The lowest BCUT2D eigenvalue weighted by Gasteiger charge is -2.29. The molecule has 1 aliphatic heterocycles. The van der Waals surface area contributed by atoms with Gasteiger partial charge in [0, 0.05) is 11.1 Å². The second kappa shape index (κ2) is 10.1. The average Bonchev–Trinajstić information content (AvgIpc) is 2.95. The van der Waals surface area contributed by atoms with Crippen molar-refractivity contribution in [3.63, 3.8) is 0 Å². The minimum Gasteiger partial charge on any atom is -0.418 e. The van der Waals surface area contributed by atoms with Gasteiger partial charge in [-0.3, -0.25) is 9.48 Å². The molecule has 2 unspecified atom stereocenters. The van der Waals surface area contributed by atoms with Crippen LogP contribution < -0.4 is 0 Å². The Labute approximate surface area is 190 Å². The maximum absolute atomic E-state index is 9.75. The average molecular weight is 450 g/mol. The molecule has 2 nitrogen and oxygen atoms in total. The molecule has 0 amide bonds. The van der Waals surface area contributed by atoms with Gasteiger partial charge in [-0.1, -0.05) is 102 Å². The van der Waals surface area contributed by atoms with Crippen LogP contribution >= 0.6 is 0 Å². The van der Waals surface area contributed by atoms with E-state index >= 15 is 0 Å². The summed E-state index contributed by atoms with van der Waals surface area (Å²) in [5.74, 6) is 0. The first-order valence-electron chi connectivity index (χ1n) is 11.0. The van der Waals surface area contributed by atoms with Crippen LogP contribution in [0.25, 0.3) is 0 Å². The highest BCUT2D eigenvalue weighted by Crippen LogP contribution is 2.42. The van der Waals surface area contributed by atoms with Gasteiger partial charge in [0.15, 0.2) is 12.1 Å². The Balaban J connectivity index is 0.000000654. The van der Waals surface area contributed by atoms with Crippen LogP contribution in [0.2, 0.25) is 0 Å². The van der Waals surface area contributed by atoms with Gasteiger partial charge in [0.1, 0.15) is 0 Å². The smallest absolute Gasteiger partial charge is 0.418 e. The lowest BCUT2D eigenvalue weighted by Crippen LogP contribution is -2.33. The molecule has 2 atom stereocenters. The zero-order valence-corrected chi connectivity index (χ0v) is 19.9. The minimum atomic E-state index is -6.00. The summed E-state index contributed by atoms with van der Waals surface area (Å²) >= 11 is 0. The SMILES string of the molecule is CC(C)(C)CN1C=[N+](CC(C)(C)C)C(c2ccccc2)C1c1ccccc1.F[B-](F)(F)F. The molecule has 0 bridgehead atoms. The molecule has 0 saturated heterocycles. The van der Waals surface area contributed by atoms with E-state index in [0.717, 1.165) is 13.1 Å². The van der Waals surface area contributed by atoms with E-state index in [4.69, 9.17) is 0 Å². The van der Waals surface area contributed by atoms with E-state index in [-0.39, 0.29) is 10.8 Å². The van der Waals surface area contributed by atoms with Gasteiger partial charge in [0.2, 0.25) is 6.34 Å². The molecule has 2 aromatic carbocycles. The number of nitrogens with zero attached hydrogens (tertiary/aromatic N) is 2. The number of hydrogen-bond acceptors (Lipinski definition) is 1. The van der Waals surface area contributed by atoms with Crippen LogP contribution in [-0.4, -0.2) is 36.2 Å². The third-order valence-electron chi connectivity index (χ3n) is 4.91. The molecule has 0 radical (unpaired) electrons. The summed E-state index contributed by atoms with van der Waals surface area (Å²) in [6, 6.07) is 22.7. The van der Waals surface area contributed by atoms with Crippen molar-refractivity contribution in [1.29, 1.82) is 0 Å². The van der Waals surface area contributed by atoms with E-state index in [1.165, 1.54) is 11.1 Å². The van der Waals surface area contributed by atoms with E-state index in [1.807, 2.05) is 0 Å². The summed E-state index contributed by atoms with van der Waals surface area (Å²) in [5, 5.41) is 0. The van der Waals surface area contributed by atoms with Gasteiger partial charge in [0.05, 0.1) is 13.1 Å². The summed E-state index contributed by atoms with van der Waals surface area (Å²) in [7, 11) is -6.00. The lowest BCUT2D eigenvalue weighted by atomic mass is 9.89. The Bertz CT molecular complexity index is 863. The predicted octanol–water partition coefficient (Wildman–Crippen LogP) is 7.22. The monoisotopic (exact) mass is 450 g/mol. The van der Waals surface area contributed by atoms with Crippen molar-refractivity contribution in [3.8, 4) is 0 Å². The molecule has 7 heteroatoms. The minimum absolute atomic E-state index is 0.239. The van der Waals surface area contributed by atoms with Crippen LogP contribution in [0.3, 0.4) is 0 Å². The molecule has 32 heavy (non-hydrogen) atoms. The molecule has 0 N–H and O–H groups in total. The molecule has 0 spiro atoms. The molecule has 0 aliphatic carbocycles. The standard InChI is InChI=1S/C25H35N2.BF4/c1-24(2,3)17-26-19-27(18-25(4,5)6)23(21-15-11-8-12-16-21)22(26)20-13-9-7-10-14-20;2-1(3,4)5/h7-16,19,22-23H,17-18H2,1-6H3;/q+1;-1.